The molecule has 2 aliphatic carbocycles. The van der Waals surface area contributed by atoms with Gasteiger partial charge in [-0.3, -0.25) is 0 Å². The average Bonchev–Trinajstić information content (AvgIpc) is 2.31. The Bertz CT molecular complexity index is 259. The molecule has 2 aliphatic rings. The van der Waals surface area contributed by atoms with E-state index in [1.54, 1.807) is 6.92 Å². The summed E-state index contributed by atoms with van der Waals surface area (Å²) < 4.78 is 38.8. The number of hydrogen-bond acceptors (Lipinski definition) is 0. The van der Waals surface area contributed by atoms with Crippen molar-refractivity contribution in [1.29, 1.82) is 0 Å². The van der Waals surface area contributed by atoms with E-state index in [9.17, 15) is 13.2 Å². The molecule has 0 saturated heterocycles. The van der Waals surface area contributed by atoms with Crippen LogP contribution in [0.2, 0.25) is 0 Å². The summed E-state index contributed by atoms with van der Waals surface area (Å²) in [6.45, 7) is 1.77. The summed E-state index contributed by atoms with van der Waals surface area (Å²) in [5.41, 5.74) is 0. The van der Waals surface area contributed by atoms with Gasteiger partial charge in [0.25, 0.3) is 0 Å². The van der Waals surface area contributed by atoms with Crippen LogP contribution in [-0.2, 0) is 32.7 Å². The maximum Gasteiger partial charge on any atom is 0.392 e. The van der Waals surface area contributed by atoms with Gasteiger partial charge in [0.15, 0.2) is 0 Å². The van der Waals surface area contributed by atoms with Crippen LogP contribution in [0, 0.1) is 30.1 Å². The summed E-state index contributed by atoms with van der Waals surface area (Å²) in [5, 5.41) is 0. The van der Waals surface area contributed by atoms with Crippen LogP contribution in [0.1, 0.15) is 58.3 Å². The van der Waals surface area contributed by atoms with Gasteiger partial charge in [-0.2, -0.15) is 26.0 Å². The fourth-order valence-corrected chi connectivity index (χ4v) is 3.78. The van der Waals surface area contributed by atoms with E-state index in [-0.39, 0.29) is 38.6 Å². The van der Waals surface area contributed by atoms with Crippen molar-refractivity contribution in [1.82, 2.24) is 0 Å². The molecule has 2 rings (SSSR count). The van der Waals surface area contributed by atoms with E-state index in [2.05, 4.69) is 6.42 Å². The minimum Gasteiger partial charge on any atom is -0.328 e. The molecule has 0 bridgehead atoms. The van der Waals surface area contributed by atoms with Gasteiger partial charge in [0, 0.05) is 32.7 Å². The largest absolute Gasteiger partial charge is 0.392 e. The SMILES string of the molecule is C[C@H]1CC[C@@H](CC2CC[CH-]CC2)CC1C(F)(F)F.[Y]. The first kappa shape index (κ1) is 17.9. The van der Waals surface area contributed by atoms with Crippen molar-refractivity contribution < 1.29 is 45.9 Å². The van der Waals surface area contributed by atoms with Crippen LogP contribution in [0.5, 0.6) is 0 Å². The summed E-state index contributed by atoms with van der Waals surface area (Å²) in [6.07, 6.45) is 6.23. The Morgan fingerprint density at radius 1 is 1.00 bits per heavy atom. The summed E-state index contributed by atoms with van der Waals surface area (Å²) in [5.74, 6) is -0.231. The molecule has 0 N–H and O–H groups in total. The molecule has 1 unspecified atom stereocenters. The first-order valence-electron chi connectivity index (χ1n) is 7.35. The van der Waals surface area contributed by atoms with Gasteiger partial charge in [0.1, 0.15) is 0 Å². The van der Waals surface area contributed by atoms with Crippen molar-refractivity contribution >= 4 is 0 Å². The molecule has 0 amide bonds. The Labute approximate surface area is 140 Å². The van der Waals surface area contributed by atoms with Crippen molar-refractivity contribution in [2.45, 2.75) is 64.5 Å². The van der Waals surface area contributed by atoms with Crippen molar-refractivity contribution in [2.75, 3.05) is 0 Å². The molecular weight excluding hydrogens is 326 g/mol. The Hall–Kier alpha value is 0.894. The van der Waals surface area contributed by atoms with Crippen LogP contribution in [-0.4, -0.2) is 6.18 Å². The molecule has 0 aromatic heterocycles. The van der Waals surface area contributed by atoms with E-state index < -0.39 is 12.1 Å². The molecule has 0 spiro atoms. The van der Waals surface area contributed by atoms with Gasteiger partial charge in [-0.25, -0.2) is 0 Å². The van der Waals surface area contributed by atoms with Crippen LogP contribution in [0.3, 0.4) is 0 Å². The zero-order valence-electron chi connectivity index (χ0n) is 11.8. The zero-order chi connectivity index (χ0) is 13.2. The molecular formula is C15H24F3Y-. The summed E-state index contributed by atoms with van der Waals surface area (Å²) in [4.78, 5) is 0. The van der Waals surface area contributed by atoms with Gasteiger partial charge in [-0.1, -0.05) is 26.2 Å². The van der Waals surface area contributed by atoms with Gasteiger partial charge in [0.05, 0.1) is 5.92 Å². The van der Waals surface area contributed by atoms with Crippen molar-refractivity contribution in [3.05, 3.63) is 6.42 Å². The molecule has 0 aliphatic heterocycles. The minimum absolute atomic E-state index is 0. The van der Waals surface area contributed by atoms with Crippen LogP contribution < -0.4 is 0 Å². The Morgan fingerprint density at radius 3 is 2.21 bits per heavy atom. The van der Waals surface area contributed by atoms with E-state index in [4.69, 9.17) is 0 Å². The standard InChI is InChI=1S/C15H24F3.Y/c1-11-7-8-13(10-14(11)15(16,17)18)9-12-5-3-2-4-6-12;/h2,11-14H,3-10H2,1H3;/q-1;/t11-,13-,14?;/m0./s1. The van der Waals surface area contributed by atoms with Gasteiger partial charge < -0.3 is 6.42 Å². The number of alkyl halides is 3. The Kier molecular flexibility index (Phi) is 7.34. The Balaban J connectivity index is 0.00000180. The molecule has 4 heteroatoms. The predicted molar refractivity (Wildman–Crippen MR) is 66.9 cm³/mol. The Morgan fingerprint density at radius 2 is 1.63 bits per heavy atom. The van der Waals surface area contributed by atoms with E-state index in [1.807, 2.05) is 0 Å². The van der Waals surface area contributed by atoms with E-state index in [1.165, 1.54) is 12.8 Å². The van der Waals surface area contributed by atoms with Crippen LogP contribution in [0.15, 0.2) is 0 Å². The fourth-order valence-electron chi connectivity index (χ4n) is 3.78. The van der Waals surface area contributed by atoms with Crippen molar-refractivity contribution in [3.8, 4) is 0 Å². The van der Waals surface area contributed by atoms with E-state index in [0.717, 1.165) is 32.1 Å². The molecule has 0 nitrogen and oxygen atoms in total. The van der Waals surface area contributed by atoms with Gasteiger partial charge in [0.2, 0.25) is 0 Å². The monoisotopic (exact) mass is 350 g/mol. The third-order valence-electron chi connectivity index (χ3n) is 4.95. The maximum atomic E-state index is 12.9. The molecule has 19 heavy (non-hydrogen) atoms. The molecule has 1 radical (unpaired) electrons. The van der Waals surface area contributed by atoms with E-state index >= 15 is 0 Å². The molecule has 3 atom stereocenters. The smallest absolute Gasteiger partial charge is 0.328 e. The summed E-state index contributed by atoms with van der Waals surface area (Å²) in [6, 6.07) is 0. The third-order valence-corrected chi connectivity index (χ3v) is 4.95. The van der Waals surface area contributed by atoms with Gasteiger partial charge >= 0.3 is 6.18 Å². The second-order valence-corrected chi connectivity index (χ2v) is 6.35. The van der Waals surface area contributed by atoms with Crippen LogP contribution in [0.4, 0.5) is 13.2 Å². The minimum atomic E-state index is -3.99. The normalized spacial score (nSPS) is 33.8. The first-order chi connectivity index (χ1) is 8.47. The second kappa shape index (κ2) is 7.78. The topological polar surface area (TPSA) is 0 Å². The molecule has 0 heterocycles. The molecule has 2 saturated carbocycles. The average molecular weight is 350 g/mol. The van der Waals surface area contributed by atoms with Crippen molar-refractivity contribution in [2.24, 2.45) is 23.7 Å². The van der Waals surface area contributed by atoms with Crippen molar-refractivity contribution in [3.63, 3.8) is 0 Å². The zero-order valence-corrected chi connectivity index (χ0v) is 14.6. The van der Waals surface area contributed by atoms with Crippen LogP contribution >= 0.6 is 0 Å². The summed E-state index contributed by atoms with van der Waals surface area (Å²) in [7, 11) is 0. The quantitative estimate of drug-likeness (QED) is 0.587. The predicted octanol–water partition coefficient (Wildman–Crippen LogP) is 5.38. The van der Waals surface area contributed by atoms with E-state index in [0.29, 0.717) is 18.3 Å². The fraction of sp³-hybridized carbons (Fsp3) is 0.933. The van der Waals surface area contributed by atoms with Gasteiger partial charge in [-0.05, 0) is 37.0 Å². The molecule has 109 valence electrons. The van der Waals surface area contributed by atoms with Crippen LogP contribution in [0.25, 0.3) is 0 Å². The third kappa shape index (κ3) is 5.30. The maximum absolute atomic E-state index is 12.9. The molecule has 2 fully saturated rings. The van der Waals surface area contributed by atoms with Gasteiger partial charge in [-0.15, -0.1) is 0 Å². The second-order valence-electron chi connectivity index (χ2n) is 6.35. The number of rotatable bonds is 2. The molecule has 0 aromatic rings. The summed E-state index contributed by atoms with van der Waals surface area (Å²) >= 11 is 0. The number of halogens is 3. The molecule has 0 aromatic carbocycles. The number of hydrogen-bond donors (Lipinski definition) is 0. The first-order valence-corrected chi connectivity index (χ1v) is 7.35.